The Kier molecular flexibility index (Phi) is 6.04. The van der Waals surface area contributed by atoms with Crippen LogP contribution in [-0.2, 0) is 6.54 Å². The maximum atomic E-state index is 12.3. The summed E-state index contributed by atoms with van der Waals surface area (Å²) in [4.78, 5) is 24.6. The number of hydrogen-bond acceptors (Lipinski definition) is 6. The molecule has 2 fully saturated rings. The number of nitrogens with zero attached hydrogens (tertiary/aromatic N) is 3. The Labute approximate surface area is 171 Å². The van der Waals surface area contributed by atoms with Gasteiger partial charge in [-0.25, -0.2) is 4.98 Å². The molecule has 3 heterocycles. The largest absolute Gasteiger partial charge is 0.504 e. The van der Waals surface area contributed by atoms with Crippen molar-refractivity contribution in [2.75, 3.05) is 38.2 Å². The van der Waals surface area contributed by atoms with Gasteiger partial charge in [-0.2, -0.15) is 0 Å². The van der Waals surface area contributed by atoms with Gasteiger partial charge in [-0.05, 0) is 56.3 Å². The molecule has 29 heavy (non-hydrogen) atoms. The molecular weight excluding hydrogens is 368 g/mol. The van der Waals surface area contributed by atoms with Gasteiger partial charge in [0.25, 0.3) is 5.56 Å². The highest BCUT2D eigenvalue weighted by Crippen LogP contribution is 2.30. The minimum Gasteiger partial charge on any atom is -0.504 e. The van der Waals surface area contributed by atoms with Crippen LogP contribution in [-0.4, -0.2) is 53.3 Å². The predicted molar refractivity (Wildman–Crippen MR) is 113 cm³/mol. The topological polar surface area (TPSA) is 81.7 Å². The molecule has 7 nitrogen and oxygen atoms in total. The summed E-state index contributed by atoms with van der Waals surface area (Å²) in [7, 11) is 1.55. The van der Waals surface area contributed by atoms with Crippen LogP contribution in [0, 0.1) is 0 Å². The highest BCUT2D eigenvalue weighted by atomic mass is 16.5. The molecule has 0 radical (unpaired) electrons. The molecule has 7 heteroatoms. The first kappa shape index (κ1) is 19.8. The van der Waals surface area contributed by atoms with Gasteiger partial charge < -0.3 is 14.7 Å². The number of phenols is 1. The van der Waals surface area contributed by atoms with Crippen molar-refractivity contribution in [1.82, 2.24) is 14.9 Å². The number of hydrogen-bond donors (Lipinski definition) is 2. The first-order valence-electron chi connectivity index (χ1n) is 10.6. The highest BCUT2D eigenvalue weighted by Gasteiger charge is 2.24. The maximum Gasteiger partial charge on any atom is 0.252 e. The van der Waals surface area contributed by atoms with Gasteiger partial charge in [-0.1, -0.05) is 6.07 Å². The lowest BCUT2D eigenvalue weighted by molar-refractivity contribution is 0.198. The van der Waals surface area contributed by atoms with E-state index in [0.717, 1.165) is 75.6 Å². The van der Waals surface area contributed by atoms with Crippen LogP contribution < -0.4 is 15.2 Å². The number of aromatic amines is 1. The lowest BCUT2D eigenvalue weighted by atomic mass is 9.94. The molecule has 2 N–H and O–H groups in total. The summed E-state index contributed by atoms with van der Waals surface area (Å²) >= 11 is 0. The van der Waals surface area contributed by atoms with Crippen LogP contribution in [0.25, 0.3) is 0 Å². The predicted octanol–water partition coefficient (Wildman–Crippen LogP) is 2.85. The van der Waals surface area contributed by atoms with E-state index < -0.39 is 0 Å². The van der Waals surface area contributed by atoms with Crippen molar-refractivity contribution in [3.63, 3.8) is 0 Å². The van der Waals surface area contributed by atoms with Crippen LogP contribution >= 0.6 is 0 Å². The van der Waals surface area contributed by atoms with E-state index in [1.807, 2.05) is 6.07 Å². The zero-order valence-corrected chi connectivity index (χ0v) is 17.1. The summed E-state index contributed by atoms with van der Waals surface area (Å²) < 4.78 is 5.13. The van der Waals surface area contributed by atoms with Gasteiger partial charge in [0.2, 0.25) is 5.95 Å². The third-order valence-corrected chi connectivity index (χ3v) is 5.98. The van der Waals surface area contributed by atoms with E-state index in [0.29, 0.717) is 5.75 Å². The van der Waals surface area contributed by atoms with Crippen molar-refractivity contribution in [3.8, 4) is 11.5 Å². The Hall–Kier alpha value is -2.54. The third-order valence-electron chi connectivity index (χ3n) is 5.98. The van der Waals surface area contributed by atoms with Gasteiger partial charge in [0.15, 0.2) is 11.5 Å². The summed E-state index contributed by atoms with van der Waals surface area (Å²) in [5, 5.41) is 10.0. The molecule has 2 aliphatic rings. The van der Waals surface area contributed by atoms with Crippen molar-refractivity contribution < 1.29 is 9.84 Å². The quantitative estimate of drug-likeness (QED) is 0.806. The van der Waals surface area contributed by atoms with Gasteiger partial charge in [0, 0.05) is 38.2 Å². The summed E-state index contributed by atoms with van der Waals surface area (Å²) in [6.45, 7) is 4.55. The summed E-state index contributed by atoms with van der Waals surface area (Å²) in [5.74, 6) is 1.63. The van der Waals surface area contributed by atoms with Gasteiger partial charge in [0.05, 0.1) is 12.8 Å². The van der Waals surface area contributed by atoms with E-state index in [2.05, 4.69) is 14.8 Å². The number of benzene rings is 1. The monoisotopic (exact) mass is 398 g/mol. The van der Waals surface area contributed by atoms with Crippen LogP contribution in [0.1, 0.15) is 49.3 Å². The molecule has 0 aliphatic carbocycles. The molecule has 4 rings (SSSR count). The van der Waals surface area contributed by atoms with Crippen LogP contribution in [0.2, 0.25) is 0 Å². The molecule has 0 spiro atoms. The second kappa shape index (κ2) is 8.86. The molecule has 156 valence electrons. The first-order valence-corrected chi connectivity index (χ1v) is 10.6. The standard InChI is InChI=1S/C22H30N4O3/c1-29-20-8-7-16(12-19(20)27)14-25-9-5-6-17(15-25)18-13-21(28)24-22(23-18)26-10-3-2-4-11-26/h7-8,12-13,17,27H,2-6,9-11,14-15H2,1H3,(H,23,24,28). The molecule has 0 bridgehead atoms. The van der Waals surface area contributed by atoms with E-state index in [4.69, 9.17) is 9.72 Å². The molecule has 0 amide bonds. The minimum atomic E-state index is -0.0622. The average molecular weight is 399 g/mol. The summed E-state index contributed by atoms with van der Waals surface area (Å²) in [6.07, 6.45) is 5.67. The normalized spacial score (nSPS) is 20.6. The Morgan fingerprint density at radius 3 is 2.76 bits per heavy atom. The maximum absolute atomic E-state index is 12.3. The highest BCUT2D eigenvalue weighted by molar-refractivity contribution is 5.41. The van der Waals surface area contributed by atoms with Gasteiger partial charge in [-0.15, -0.1) is 0 Å². The zero-order valence-electron chi connectivity index (χ0n) is 17.1. The smallest absolute Gasteiger partial charge is 0.252 e. The molecule has 1 atom stereocenters. The number of nitrogens with one attached hydrogen (secondary N) is 1. The number of rotatable bonds is 5. The van der Waals surface area contributed by atoms with Crippen LogP contribution in [0.4, 0.5) is 5.95 Å². The van der Waals surface area contributed by atoms with Crippen molar-refractivity contribution in [3.05, 3.63) is 45.9 Å². The zero-order chi connectivity index (χ0) is 20.2. The van der Waals surface area contributed by atoms with Gasteiger partial charge in [-0.3, -0.25) is 14.7 Å². The Morgan fingerprint density at radius 2 is 2.00 bits per heavy atom. The molecule has 0 saturated carbocycles. The second-order valence-corrected chi connectivity index (χ2v) is 8.12. The van der Waals surface area contributed by atoms with E-state index >= 15 is 0 Å². The van der Waals surface area contributed by atoms with Crippen molar-refractivity contribution in [2.24, 2.45) is 0 Å². The fraction of sp³-hybridized carbons (Fsp3) is 0.545. The number of phenolic OH excluding ortho intramolecular Hbond substituents is 1. The van der Waals surface area contributed by atoms with Crippen LogP contribution in [0.3, 0.4) is 0 Å². The summed E-state index contributed by atoms with van der Waals surface area (Å²) in [6, 6.07) is 7.22. The molecule has 1 aromatic carbocycles. The third kappa shape index (κ3) is 4.72. The lowest BCUT2D eigenvalue weighted by Crippen LogP contribution is -2.36. The Bertz CT molecular complexity index is 892. The number of H-pyrrole nitrogens is 1. The number of piperidine rings is 2. The van der Waals surface area contributed by atoms with Gasteiger partial charge >= 0.3 is 0 Å². The number of likely N-dealkylation sites (tertiary alicyclic amines) is 1. The fourth-order valence-electron chi connectivity index (χ4n) is 4.46. The second-order valence-electron chi connectivity index (χ2n) is 8.12. The van der Waals surface area contributed by atoms with Crippen molar-refractivity contribution in [2.45, 2.75) is 44.6 Å². The van der Waals surface area contributed by atoms with Crippen LogP contribution in [0.15, 0.2) is 29.1 Å². The van der Waals surface area contributed by atoms with Gasteiger partial charge in [0.1, 0.15) is 0 Å². The van der Waals surface area contributed by atoms with E-state index in [1.54, 1.807) is 25.3 Å². The molecule has 2 aromatic rings. The van der Waals surface area contributed by atoms with E-state index in [9.17, 15) is 9.90 Å². The number of ether oxygens (including phenoxy) is 1. The fourth-order valence-corrected chi connectivity index (χ4v) is 4.46. The van der Waals surface area contributed by atoms with E-state index in [1.165, 1.54) is 6.42 Å². The Morgan fingerprint density at radius 1 is 1.17 bits per heavy atom. The lowest BCUT2D eigenvalue weighted by Gasteiger charge is -2.33. The van der Waals surface area contributed by atoms with Crippen molar-refractivity contribution >= 4 is 5.95 Å². The molecule has 1 aromatic heterocycles. The summed E-state index contributed by atoms with van der Waals surface area (Å²) in [5.41, 5.74) is 1.89. The molecule has 1 unspecified atom stereocenters. The number of aromatic nitrogens is 2. The van der Waals surface area contributed by atoms with Crippen molar-refractivity contribution in [1.29, 1.82) is 0 Å². The molecular formula is C22H30N4O3. The number of anilines is 1. The molecule has 2 aliphatic heterocycles. The minimum absolute atomic E-state index is 0.0622. The number of methoxy groups -OCH3 is 1. The average Bonchev–Trinajstić information content (AvgIpc) is 2.74. The Balaban J connectivity index is 1.47. The van der Waals surface area contributed by atoms with Crippen LogP contribution in [0.5, 0.6) is 11.5 Å². The first-order chi connectivity index (χ1) is 14.1. The SMILES string of the molecule is COc1ccc(CN2CCCC(c3cc(=O)[nH]c(N4CCCCC4)n3)C2)cc1O. The van der Waals surface area contributed by atoms with E-state index in [-0.39, 0.29) is 17.2 Å². The number of aromatic hydroxyl groups is 1. The molecule has 2 saturated heterocycles.